The zero-order valence-electron chi connectivity index (χ0n) is 10.1. The van der Waals surface area contributed by atoms with Crippen molar-refractivity contribution in [1.29, 1.82) is 0 Å². The Bertz CT molecular complexity index is 367. The molecule has 2 rings (SSSR count). The van der Waals surface area contributed by atoms with Crippen LogP contribution in [0.5, 0.6) is 5.75 Å². The van der Waals surface area contributed by atoms with Crippen LogP contribution in [0.4, 0.5) is 0 Å². The van der Waals surface area contributed by atoms with Gasteiger partial charge in [-0.1, -0.05) is 6.92 Å². The van der Waals surface area contributed by atoms with E-state index in [4.69, 9.17) is 10.5 Å². The highest BCUT2D eigenvalue weighted by atomic mass is 16.5. The molecule has 0 amide bonds. The largest absolute Gasteiger partial charge is 0.492 e. The summed E-state index contributed by atoms with van der Waals surface area (Å²) in [6.07, 6.45) is 6.92. The Balaban J connectivity index is 2.22. The van der Waals surface area contributed by atoms with Crippen molar-refractivity contribution in [2.75, 3.05) is 6.61 Å². The first-order valence-electron chi connectivity index (χ1n) is 6.01. The molecular formula is C13H20N2O. The molecule has 2 atom stereocenters. The standard InChI is InChI=1S/C13H20N2O/c1-3-16-12-6-11(8-15-9-12)13(14)5-4-10(2)7-13/h6,8-10H,3-5,7,14H2,1-2H3. The third-order valence-corrected chi connectivity index (χ3v) is 3.40. The van der Waals surface area contributed by atoms with Gasteiger partial charge in [0.25, 0.3) is 0 Å². The van der Waals surface area contributed by atoms with E-state index in [2.05, 4.69) is 11.9 Å². The number of nitrogens with zero attached hydrogens (tertiary/aromatic N) is 1. The number of hydrogen-bond acceptors (Lipinski definition) is 3. The van der Waals surface area contributed by atoms with Gasteiger partial charge >= 0.3 is 0 Å². The van der Waals surface area contributed by atoms with Gasteiger partial charge in [-0.3, -0.25) is 4.98 Å². The van der Waals surface area contributed by atoms with Gasteiger partial charge in [-0.15, -0.1) is 0 Å². The summed E-state index contributed by atoms with van der Waals surface area (Å²) >= 11 is 0. The quantitative estimate of drug-likeness (QED) is 0.851. The van der Waals surface area contributed by atoms with Gasteiger partial charge in [0.1, 0.15) is 5.75 Å². The third-order valence-electron chi connectivity index (χ3n) is 3.40. The van der Waals surface area contributed by atoms with Gasteiger partial charge in [0.05, 0.1) is 12.8 Å². The highest BCUT2D eigenvalue weighted by Gasteiger charge is 2.35. The molecule has 1 heterocycles. The van der Waals surface area contributed by atoms with Gasteiger partial charge < -0.3 is 10.5 Å². The van der Waals surface area contributed by atoms with Crippen molar-refractivity contribution >= 4 is 0 Å². The summed E-state index contributed by atoms with van der Waals surface area (Å²) in [5.41, 5.74) is 7.36. The molecule has 1 saturated carbocycles. The van der Waals surface area contributed by atoms with Crippen molar-refractivity contribution in [3.8, 4) is 5.75 Å². The first-order chi connectivity index (χ1) is 7.64. The number of nitrogens with two attached hydrogens (primary N) is 1. The van der Waals surface area contributed by atoms with E-state index >= 15 is 0 Å². The number of aromatic nitrogens is 1. The number of hydrogen-bond donors (Lipinski definition) is 1. The Hall–Kier alpha value is -1.09. The summed E-state index contributed by atoms with van der Waals surface area (Å²) in [6.45, 7) is 4.90. The Labute approximate surface area is 97.0 Å². The zero-order chi connectivity index (χ0) is 11.6. The van der Waals surface area contributed by atoms with Crippen LogP contribution in [0, 0.1) is 5.92 Å². The van der Waals surface area contributed by atoms with Gasteiger partial charge in [0, 0.05) is 11.7 Å². The highest BCUT2D eigenvalue weighted by molar-refractivity contribution is 5.30. The summed E-state index contributed by atoms with van der Waals surface area (Å²) in [6, 6.07) is 2.04. The minimum atomic E-state index is -0.195. The lowest BCUT2D eigenvalue weighted by atomic mass is 9.90. The van der Waals surface area contributed by atoms with Gasteiger partial charge in [-0.2, -0.15) is 0 Å². The van der Waals surface area contributed by atoms with E-state index < -0.39 is 0 Å². The zero-order valence-corrected chi connectivity index (χ0v) is 10.1. The van der Waals surface area contributed by atoms with Crippen molar-refractivity contribution in [1.82, 2.24) is 4.98 Å². The van der Waals surface area contributed by atoms with Gasteiger partial charge in [0.2, 0.25) is 0 Å². The van der Waals surface area contributed by atoms with Crippen LogP contribution >= 0.6 is 0 Å². The second kappa shape index (κ2) is 4.42. The van der Waals surface area contributed by atoms with Crippen LogP contribution in [0.25, 0.3) is 0 Å². The Morgan fingerprint density at radius 2 is 2.38 bits per heavy atom. The lowest BCUT2D eigenvalue weighted by Crippen LogP contribution is -2.33. The second-order valence-corrected chi connectivity index (χ2v) is 4.85. The average Bonchev–Trinajstić information content (AvgIpc) is 2.61. The van der Waals surface area contributed by atoms with Crippen LogP contribution in [0.3, 0.4) is 0 Å². The minimum absolute atomic E-state index is 0.195. The van der Waals surface area contributed by atoms with E-state index in [0.29, 0.717) is 12.5 Å². The SMILES string of the molecule is CCOc1cncc(C2(N)CCC(C)C2)c1. The van der Waals surface area contributed by atoms with Crippen molar-refractivity contribution in [3.05, 3.63) is 24.0 Å². The fraction of sp³-hybridized carbons (Fsp3) is 0.615. The summed E-state index contributed by atoms with van der Waals surface area (Å²) in [5, 5.41) is 0. The van der Waals surface area contributed by atoms with E-state index in [0.717, 1.165) is 24.2 Å². The molecule has 0 aromatic carbocycles. The molecule has 1 aliphatic carbocycles. The predicted molar refractivity (Wildman–Crippen MR) is 64.3 cm³/mol. The molecule has 0 spiro atoms. The van der Waals surface area contributed by atoms with Crippen LogP contribution in [0.1, 0.15) is 38.7 Å². The van der Waals surface area contributed by atoms with Crippen molar-refractivity contribution in [3.63, 3.8) is 0 Å². The van der Waals surface area contributed by atoms with Crippen LogP contribution in [0.15, 0.2) is 18.5 Å². The highest BCUT2D eigenvalue weighted by Crippen LogP contribution is 2.40. The molecule has 0 radical (unpaired) electrons. The van der Waals surface area contributed by atoms with Gasteiger partial charge in [0.15, 0.2) is 0 Å². The van der Waals surface area contributed by atoms with Crippen molar-refractivity contribution < 1.29 is 4.74 Å². The molecule has 0 bridgehead atoms. The number of ether oxygens (including phenoxy) is 1. The molecule has 3 heteroatoms. The topological polar surface area (TPSA) is 48.1 Å². The monoisotopic (exact) mass is 220 g/mol. The molecule has 2 N–H and O–H groups in total. The van der Waals surface area contributed by atoms with Crippen molar-refractivity contribution in [2.45, 2.75) is 38.6 Å². The molecule has 0 aliphatic heterocycles. The number of rotatable bonds is 3. The maximum atomic E-state index is 6.44. The molecular weight excluding hydrogens is 200 g/mol. The second-order valence-electron chi connectivity index (χ2n) is 4.85. The summed E-state index contributed by atoms with van der Waals surface area (Å²) in [7, 11) is 0. The molecule has 1 aliphatic rings. The molecule has 88 valence electrons. The first-order valence-corrected chi connectivity index (χ1v) is 6.01. The van der Waals surface area contributed by atoms with E-state index in [1.807, 2.05) is 19.2 Å². The maximum Gasteiger partial charge on any atom is 0.137 e. The summed E-state index contributed by atoms with van der Waals surface area (Å²) in [4.78, 5) is 4.21. The van der Waals surface area contributed by atoms with E-state index in [1.54, 1.807) is 6.20 Å². The maximum absolute atomic E-state index is 6.44. The molecule has 16 heavy (non-hydrogen) atoms. The smallest absolute Gasteiger partial charge is 0.137 e. The van der Waals surface area contributed by atoms with Crippen LogP contribution in [0.2, 0.25) is 0 Å². The fourth-order valence-corrected chi connectivity index (χ4v) is 2.53. The van der Waals surface area contributed by atoms with Crippen LogP contribution in [-0.2, 0) is 5.54 Å². The lowest BCUT2D eigenvalue weighted by molar-refractivity contribution is 0.336. The van der Waals surface area contributed by atoms with Crippen molar-refractivity contribution in [2.24, 2.45) is 11.7 Å². The Morgan fingerprint density at radius 3 is 3.00 bits per heavy atom. The predicted octanol–water partition coefficient (Wildman–Crippen LogP) is 2.45. The fourth-order valence-electron chi connectivity index (χ4n) is 2.53. The van der Waals surface area contributed by atoms with Gasteiger partial charge in [-0.25, -0.2) is 0 Å². The Kier molecular flexibility index (Phi) is 3.15. The van der Waals surface area contributed by atoms with E-state index in [1.165, 1.54) is 6.42 Å². The summed E-state index contributed by atoms with van der Waals surface area (Å²) in [5.74, 6) is 1.53. The first kappa shape index (κ1) is 11.4. The van der Waals surface area contributed by atoms with Gasteiger partial charge in [-0.05, 0) is 43.7 Å². The minimum Gasteiger partial charge on any atom is -0.492 e. The molecule has 1 aromatic heterocycles. The summed E-state index contributed by atoms with van der Waals surface area (Å²) < 4.78 is 5.46. The molecule has 3 nitrogen and oxygen atoms in total. The molecule has 0 saturated heterocycles. The molecule has 1 fully saturated rings. The lowest BCUT2D eigenvalue weighted by Gasteiger charge is -2.24. The van der Waals surface area contributed by atoms with Crippen LogP contribution < -0.4 is 10.5 Å². The average molecular weight is 220 g/mol. The normalized spacial score (nSPS) is 29.3. The van der Waals surface area contributed by atoms with E-state index in [-0.39, 0.29) is 5.54 Å². The molecule has 2 unspecified atom stereocenters. The number of pyridine rings is 1. The Morgan fingerprint density at radius 1 is 1.56 bits per heavy atom. The van der Waals surface area contributed by atoms with E-state index in [9.17, 15) is 0 Å². The third kappa shape index (κ3) is 2.19. The molecule has 1 aromatic rings. The van der Waals surface area contributed by atoms with Crippen LogP contribution in [-0.4, -0.2) is 11.6 Å².